The summed E-state index contributed by atoms with van der Waals surface area (Å²) in [5, 5.41) is 5.45. The molecule has 1 aliphatic rings. The first-order chi connectivity index (χ1) is 9.34. The summed E-state index contributed by atoms with van der Waals surface area (Å²) >= 11 is 6.39. The number of rotatable bonds is 4. The molecular weight excluding hydrogens is 260 g/mol. The zero-order chi connectivity index (χ0) is 13.1. The Morgan fingerprint density at radius 1 is 1.26 bits per heavy atom. The van der Waals surface area contributed by atoms with E-state index in [1.807, 2.05) is 12.1 Å². The lowest BCUT2D eigenvalue weighted by molar-refractivity contribution is 0.0662. The van der Waals surface area contributed by atoms with E-state index in [1.54, 1.807) is 0 Å². The van der Waals surface area contributed by atoms with Crippen LogP contribution in [0.4, 0.5) is 0 Å². The van der Waals surface area contributed by atoms with Crippen LogP contribution in [0.25, 0.3) is 10.9 Å². The quantitative estimate of drug-likeness (QED) is 0.900. The Labute approximate surface area is 118 Å². The number of hydrogen-bond donors (Lipinski definition) is 2. The molecule has 3 rings (SSSR count). The first-order valence-corrected chi connectivity index (χ1v) is 7.26. The summed E-state index contributed by atoms with van der Waals surface area (Å²) in [6.45, 7) is 3.64. The number of hydrogen-bond acceptors (Lipinski definition) is 2. The molecule has 0 saturated carbocycles. The van der Waals surface area contributed by atoms with E-state index in [1.165, 1.54) is 0 Å². The van der Waals surface area contributed by atoms with Crippen LogP contribution in [-0.2, 0) is 11.3 Å². The standard InChI is InChI=1S/C15H19ClN2O/c16-15-12-3-1-2-4-13(12)18-14(15)10-17-9-11-5-7-19-8-6-11/h1-4,11,17-18H,5-10H2. The third kappa shape index (κ3) is 2.94. The number of aromatic amines is 1. The van der Waals surface area contributed by atoms with Gasteiger partial charge in [0.1, 0.15) is 0 Å². The second-order valence-electron chi connectivity index (χ2n) is 5.15. The number of fused-ring (bicyclic) bond motifs is 1. The normalized spacial score (nSPS) is 17.1. The molecule has 19 heavy (non-hydrogen) atoms. The van der Waals surface area contributed by atoms with E-state index in [4.69, 9.17) is 16.3 Å². The molecule has 0 spiro atoms. The average Bonchev–Trinajstić information content (AvgIpc) is 2.78. The number of para-hydroxylation sites is 1. The van der Waals surface area contributed by atoms with Gasteiger partial charge in [0.05, 0.1) is 5.02 Å². The van der Waals surface area contributed by atoms with Gasteiger partial charge >= 0.3 is 0 Å². The third-order valence-corrected chi connectivity index (χ3v) is 4.22. The van der Waals surface area contributed by atoms with Crippen molar-refractivity contribution in [2.75, 3.05) is 19.8 Å². The van der Waals surface area contributed by atoms with Crippen LogP contribution in [0.3, 0.4) is 0 Å². The van der Waals surface area contributed by atoms with Crippen LogP contribution >= 0.6 is 11.6 Å². The molecule has 0 atom stereocenters. The van der Waals surface area contributed by atoms with Crippen molar-refractivity contribution in [2.24, 2.45) is 5.92 Å². The van der Waals surface area contributed by atoms with E-state index in [0.29, 0.717) is 0 Å². The number of halogens is 1. The Hall–Kier alpha value is -1.03. The second kappa shape index (κ2) is 5.95. The van der Waals surface area contributed by atoms with Crippen LogP contribution in [0.2, 0.25) is 5.02 Å². The van der Waals surface area contributed by atoms with Gasteiger partial charge in [0.15, 0.2) is 0 Å². The molecule has 1 aliphatic heterocycles. The topological polar surface area (TPSA) is 37.0 Å². The largest absolute Gasteiger partial charge is 0.381 e. The van der Waals surface area contributed by atoms with Crippen molar-refractivity contribution in [2.45, 2.75) is 19.4 Å². The summed E-state index contributed by atoms with van der Waals surface area (Å²) in [6.07, 6.45) is 2.32. The van der Waals surface area contributed by atoms with E-state index >= 15 is 0 Å². The number of ether oxygens (including phenoxy) is 1. The third-order valence-electron chi connectivity index (χ3n) is 3.79. The van der Waals surface area contributed by atoms with E-state index in [9.17, 15) is 0 Å². The van der Waals surface area contributed by atoms with Gasteiger partial charge in [0.25, 0.3) is 0 Å². The second-order valence-corrected chi connectivity index (χ2v) is 5.53. The summed E-state index contributed by atoms with van der Waals surface area (Å²) in [5.74, 6) is 0.733. The van der Waals surface area contributed by atoms with Crippen LogP contribution in [0, 0.1) is 5.92 Å². The van der Waals surface area contributed by atoms with E-state index in [2.05, 4.69) is 22.4 Å². The Bertz CT molecular complexity index is 546. The molecule has 0 bridgehead atoms. The van der Waals surface area contributed by atoms with Crippen LogP contribution < -0.4 is 5.32 Å². The molecule has 4 heteroatoms. The maximum atomic E-state index is 6.39. The van der Waals surface area contributed by atoms with Crippen LogP contribution in [0.5, 0.6) is 0 Å². The average molecular weight is 279 g/mol. The van der Waals surface area contributed by atoms with Gasteiger partial charge in [-0.05, 0) is 31.4 Å². The summed E-state index contributed by atoms with van der Waals surface area (Å²) in [6, 6.07) is 8.15. The molecule has 1 fully saturated rings. The fourth-order valence-corrected chi connectivity index (χ4v) is 2.92. The molecule has 102 valence electrons. The molecule has 1 aromatic carbocycles. The fraction of sp³-hybridized carbons (Fsp3) is 0.467. The van der Waals surface area contributed by atoms with Gasteiger partial charge in [-0.25, -0.2) is 0 Å². The molecule has 0 amide bonds. The predicted molar refractivity (Wildman–Crippen MR) is 78.6 cm³/mol. The van der Waals surface area contributed by atoms with Crippen molar-refractivity contribution in [3.8, 4) is 0 Å². The van der Waals surface area contributed by atoms with Crippen molar-refractivity contribution in [1.82, 2.24) is 10.3 Å². The number of benzene rings is 1. The highest BCUT2D eigenvalue weighted by molar-refractivity contribution is 6.36. The predicted octanol–water partition coefficient (Wildman–Crippen LogP) is 3.34. The molecule has 0 unspecified atom stereocenters. The van der Waals surface area contributed by atoms with Crippen molar-refractivity contribution in [1.29, 1.82) is 0 Å². The monoisotopic (exact) mass is 278 g/mol. The molecule has 2 N–H and O–H groups in total. The van der Waals surface area contributed by atoms with Crippen molar-refractivity contribution in [3.63, 3.8) is 0 Å². The van der Waals surface area contributed by atoms with Gasteiger partial charge in [-0.3, -0.25) is 0 Å². The highest BCUT2D eigenvalue weighted by Crippen LogP contribution is 2.27. The number of aromatic nitrogens is 1. The highest BCUT2D eigenvalue weighted by atomic mass is 35.5. The first-order valence-electron chi connectivity index (χ1n) is 6.88. The first kappa shape index (κ1) is 13.0. The summed E-state index contributed by atoms with van der Waals surface area (Å²) < 4.78 is 5.37. The maximum absolute atomic E-state index is 6.39. The molecule has 0 aliphatic carbocycles. The zero-order valence-corrected chi connectivity index (χ0v) is 11.7. The van der Waals surface area contributed by atoms with Crippen molar-refractivity contribution >= 4 is 22.5 Å². The number of nitrogens with one attached hydrogen (secondary N) is 2. The number of H-pyrrole nitrogens is 1. The zero-order valence-electron chi connectivity index (χ0n) is 10.9. The van der Waals surface area contributed by atoms with E-state index in [-0.39, 0.29) is 0 Å². The molecular formula is C15H19ClN2O. The molecule has 0 radical (unpaired) electrons. The van der Waals surface area contributed by atoms with Gasteiger partial charge in [0.2, 0.25) is 0 Å². The van der Waals surface area contributed by atoms with Gasteiger partial charge in [-0.2, -0.15) is 0 Å². The molecule has 2 heterocycles. The van der Waals surface area contributed by atoms with Crippen LogP contribution in [0.15, 0.2) is 24.3 Å². The van der Waals surface area contributed by atoms with Gasteiger partial charge < -0.3 is 15.0 Å². The lowest BCUT2D eigenvalue weighted by Gasteiger charge is -2.22. The Balaban J connectivity index is 1.60. The van der Waals surface area contributed by atoms with Crippen molar-refractivity contribution < 1.29 is 4.74 Å². The van der Waals surface area contributed by atoms with Crippen LogP contribution in [0.1, 0.15) is 18.5 Å². The summed E-state index contributed by atoms with van der Waals surface area (Å²) in [4.78, 5) is 3.38. The minimum absolute atomic E-state index is 0.733. The smallest absolute Gasteiger partial charge is 0.0705 e. The molecule has 1 aromatic heterocycles. The van der Waals surface area contributed by atoms with E-state index < -0.39 is 0 Å². The van der Waals surface area contributed by atoms with Crippen LogP contribution in [-0.4, -0.2) is 24.7 Å². The minimum atomic E-state index is 0.733. The Kier molecular flexibility index (Phi) is 4.06. The van der Waals surface area contributed by atoms with Crippen molar-refractivity contribution in [3.05, 3.63) is 35.0 Å². The van der Waals surface area contributed by atoms with Gasteiger partial charge in [0, 0.05) is 36.4 Å². The summed E-state index contributed by atoms with van der Waals surface area (Å²) in [5.41, 5.74) is 2.19. The highest BCUT2D eigenvalue weighted by Gasteiger charge is 2.14. The lowest BCUT2D eigenvalue weighted by atomic mass is 10.0. The fourth-order valence-electron chi connectivity index (χ4n) is 2.64. The Morgan fingerprint density at radius 3 is 2.84 bits per heavy atom. The minimum Gasteiger partial charge on any atom is -0.381 e. The summed E-state index contributed by atoms with van der Waals surface area (Å²) in [7, 11) is 0. The SMILES string of the molecule is Clc1c(CNCC2CCOCC2)[nH]c2ccccc12. The van der Waals surface area contributed by atoms with Gasteiger partial charge in [-0.1, -0.05) is 29.8 Å². The lowest BCUT2D eigenvalue weighted by Crippen LogP contribution is -2.27. The molecule has 3 nitrogen and oxygen atoms in total. The van der Waals surface area contributed by atoms with E-state index in [0.717, 1.165) is 66.7 Å². The molecule has 1 saturated heterocycles. The molecule has 2 aromatic rings. The van der Waals surface area contributed by atoms with Gasteiger partial charge in [-0.15, -0.1) is 0 Å². The Morgan fingerprint density at radius 2 is 2.05 bits per heavy atom. The maximum Gasteiger partial charge on any atom is 0.0705 e.